The Kier molecular flexibility index (Phi) is 3.92. The lowest BCUT2D eigenvalue weighted by Gasteiger charge is -2.22. The Hall–Kier alpha value is -2.62. The Morgan fingerprint density at radius 2 is 1.86 bits per heavy atom. The van der Waals surface area contributed by atoms with Crippen molar-refractivity contribution in [1.29, 1.82) is 0 Å². The molecule has 2 aromatic rings. The van der Waals surface area contributed by atoms with E-state index in [1.165, 1.54) is 19.3 Å². The number of ether oxygens (including phenoxy) is 2. The minimum atomic E-state index is -0.411. The fourth-order valence-corrected chi connectivity index (χ4v) is 2.49. The number of esters is 1. The third-order valence-electron chi connectivity index (χ3n) is 3.65. The van der Waals surface area contributed by atoms with Gasteiger partial charge in [-0.15, -0.1) is 0 Å². The highest BCUT2D eigenvalue weighted by atomic mass is 19.1. The monoisotopic (exact) mass is 298 g/mol. The zero-order valence-corrected chi connectivity index (χ0v) is 12.1. The van der Waals surface area contributed by atoms with Crippen molar-refractivity contribution in [2.45, 2.75) is 12.5 Å². The van der Waals surface area contributed by atoms with E-state index in [-0.39, 0.29) is 11.9 Å². The van der Waals surface area contributed by atoms with Gasteiger partial charge in [0.25, 0.3) is 0 Å². The van der Waals surface area contributed by atoms with Crippen molar-refractivity contribution >= 4 is 5.97 Å². The highest BCUT2D eigenvalue weighted by Crippen LogP contribution is 2.31. The molecule has 3 rings (SSSR count). The highest BCUT2D eigenvalue weighted by molar-refractivity contribution is 5.83. The maximum Gasteiger partial charge on any atom is 0.334 e. The van der Waals surface area contributed by atoms with Crippen LogP contribution < -0.4 is 0 Å². The first-order valence-corrected chi connectivity index (χ1v) is 6.97. The van der Waals surface area contributed by atoms with Crippen LogP contribution in [-0.4, -0.2) is 13.1 Å². The fraction of sp³-hybridized carbons (Fsp3) is 0.167. The number of cyclic esters (lactones) is 1. The zero-order chi connectivity index (χ0) is 15.5. The molecule has 0 spiro atoms. The zero-order valence-electron chi connectivity index (χ0n) is 12.1. The van der Waals surface area contributed by atoms with E-state index in [0.717, 1.165) is 11.1 Å². The first kappa shape index (κ1) is 14.3. The Labute approximate surface area is 128 Å². The molecule has 2 aromatic carbocycles. The van der Waals surface area contributed by atoms with E-state index in [4.69, 9.17) is 9.47 Å². The molecule has 1 aliphatic heterocycles. The smallest absolute Gasteiger partial charge is 0.334 e. The van der Waals surface area contributed by atoms with Crippen molar-refractivity contribution in [2.75, 3.05) is 7.11 Å². The van der Waals surface area contributed by atoms with Gasteiger partial charge < -0.3 is 9.47 Å². The summed E-state index contributed by atoms with van der Waals surface area (Å²) < 4.78 is 24.2. The second kappa shape index (κ2) is 6.02. The maximum atomic E-state index is 13.8. The van der Waals surface area contributed by atoms with Crippen LogP contribution in [0, 0.1) is 5.82 Å². The van der Waals surface area contributed by atoms with Gasteiger partial charge in [0.1, 0.15) is 17.7 Å². The molecule has 112 valence electrons. The van der Waals surface area contributed by atoms with Gasteiger partial charge in [-0.3, -0.25) is 0 Å². The van der Waals surface area contributed by atoms with Crippen LogP contribution in [0.25, 0.3) is 11.1 Å². The lowest BCUT2D eigenvalue weighted by molar-refractivity contribution is -0.145. The maximum absolute atomic E-state index is 13.8. The van der Waals surface area contributed by atoms with Gasteiger partial charge in [-0.05, 0) is 17.2 Å². The average Bonchev–Trinajstić information content (AvgIpc) is 2.55. The number of benzene rings is 2. The van der Waals surface area contributed by atoms with E-state index in [1.54, 1.807) is 18.2 Å². The third-order valence-corrected chi connectivity index (χ3v) is 3.65. The van der Waals surface area contributed by atoms with Crippen molar-refractivity contribution in [1.82, 2.24) is 0 Å². The molecule has 1 heterocycles. The second-order valence-corrected chi connectivity index (χ2v) is 5.05. The molecule has 22 heavy (non-hydrogen) atoms. The molecule has 0 radical (unpaired) electrons. The number of hydrogen-bond donors (Lipinski definition) is 0. The summed E-state index contributed by atoms with van der Waals surface area (Å²) in [4.78, 5) is 11.5. The molecular weight excluding hydrogens is 283 g/mol. The van der Waals surface area contributed by atoms with Gasteiger partial charge in [-0.25, -0.2) is 9.18 Å². The molecule has 0 fully saturated rings. The number of carbonyl (C=O) groups excluding carboxylic acids is 1. The van der Waals surface area contributed by atoms with Crippen molar-refractivity contribution < 1.29 is 18.7 Å². The molecule has 0 saturated heterocycles. The van der Waals surface area contributed by atoms with Crippen LogP contribution >= 0.6 is 0 Å². The number of rotatable bonds is 3. The Bertz CT molecular complexity index is 719. The van der Waals surface area contributed by atoms with E-state index in [2.05, 4.69) is 0 Å². The first-order chi connectivity index (χ1) is 10.7. The first-order valence-electron chi connectivity index (χ1n) is 6.97. The van der Waals surface area contributed by atoms with E-state index in [1.807, 2.05) is 24.3 Å². The van der Waals surface area contributed by atoms with Crippen LogP contribution in [0.2, 0.25) is 0 Å². The summed E-state index contributed by atoms with van der Waals surface area (Å²) in [7, 11) is 1.53. The Morgan fingerprint density at radius 1 is 1.14 bits per heavy atom. The second-order valence-electron chi connectivity index (χ2n) is 5.05. The molecule has 3 nitrogen and oxygen atoms in total. The topological polar surface area (TPSA) is 35.5 Å². The van der Waals surface area contributed by atoms with Gasteiger partial charge in [-0.1, -0.05) is 42.5 Å². The molecule has 0 saturated carbocycles. The van der Waals surface area contributed by atoms with Crippen LogP contribution in [-0.2, 0) is 14.3 Å². The number of carbonyl (C=O) groups is 1. The van der Waals surface area contributed by atoms with Gasteiger partial charge >= 0.3 is 5.97 Å². The fourth-order valence-electron chi connectivity index (χ4n) is 2.49. The van der Waals surface area contributed by atoms with E-state index in [0.29, 0.717) is 17.7 Å². The predicted octanol–water partition coefficient (Wildman–Crippen LogP) is 4.01. The summed E-state index contributed by atoms with van der Waals surface area (Å²) in [6.07, 6.45) is 1.48. The standard InChI is InChI=1S/C18H15FO3/c1-21-14-10-17(22-18(20)11-14)13-8-6-12(7-9-13)15-4-2-3-5-16(15)19/h2-9,11,17H,10H2,1H3. The van der Waals surface area contributed by atoms with Crippen LogP contribution in [0.3, 0.4) is 0 Å². The van der Waals surface area contributed by atoms with Gasteiger partial charge in [0, 0.05) is 12.0 Å². The van der Waals surface area contributed by atoms with Crippen molar-refractivity contribution in [3.05, 3.63) is 71.7 Å². The van der Waals surface area contributed by atoms with Gasteiger partial charge in [0.05, 0.1) is 13.2 Å². The average molecular weight is 298 g/mol. The van der Waals surface area contributed by atoms with Crippen LogP contribution in [0.1, 0.15) is 18.1 Å². The van der Waals surface area contributed by atoms with E-state index < -0.39 is 5.97 Å². The summed E-state index contributed by atoms with van der Waals surface area (Å²) in [6.45, 7) is 0. The normalized spacial score (nSPS) is 17.6. The van der Waals surface area contributed by atoms with E-state index in [9.17, 15) is 9.18 Å². The van der Waals surface area contributed by atoms with Crippen LogP contribution in [0.5, 0.6) is 0 Å². The minimum absolute atomic E-state index is 0.260. The lowest BCUT2D eigenvalue weighted by Crippen LogP contribution is -2.16. The summed E-state index contributed by atoms with van der Waals surface area (Å²) in [5.41, 5.74) is 2.19. The Balaban J connectivity index is 1.85. The molecule has 4 heteroatoms. The molecule has 1 atom stereocenters. The summed E-state index contributed by atoms with van der Waals surface area (Å²) in [5, 5.41) is 0. The van der Waals surface area contributed by atoms with Gasteiger partial charge in [-0.2, -0.15) is 0 Å². The third kappa shape index (κ3) is 2.86. The van der Waals surface area contributed by atoms with Crippen molar-refractivity contribution in [3.8, 4) is 11.1 Å². The summed E-state index contributed by atoms with van der Waals surface area (Å²) >= 11 is 0. The largest absolute Gasteiger partial charge is 0.501 e. The quantitative estimate of drug-likeness (QED) is 0.803. The minimum Gasteiger partial charge on any atom is -0.501 e. The van der Waals surface area contributed by atoms with Crippen molar-refractivity contribution in [3.63, 3.8) is 0 Å². The summed E-state index contributed by atoms with van der Waals surface area (Å²) in [6, 6.07) is 14.0. The van der Waals surface area contributed by atoms with Crippen LogP contribution in [0.4, 0.5) is 4.39 Å². The van der Waals surface area contributed by atoms with Crippen molar-refractivity contribution in [2.24, 2.45) is 0 Å². The molecule has 0 aromatic heterocycles. The molecule has 0 amide bonds. The molecule has 0 aliphatic carbocycles. The van der Waals surface area contributed by atoms with Gasteiger partial charge in [0.15, 0.2) is 0 Å². The SMILES string of the molecule is COC1=CC(=O)OC(c2ccc(-c3ccccc3F)cc2)C1. The Morgan fingerprint density at radius 3 is 2.55 bits per heavy atom. The lowest BCUT2D eigenvalue weighted by atomic mass is 9.99. The predicted molar refractivity (Wildman–Crippen MR) is 80.4 cm³/mol. The number of halogens is 1. The molecule has 1 unspecified atom stereocenters. The highest BCUT2D eigenvalue weighted by Gasteiger charge is 2.23. The molecular formula is C18H15FO3. The number of hydrogen-bond acceptors (Lipinski definition) is 3. The van der Waals surface area contributed by atoms with E-state index >= 15 is 0 Å². The molecule has 0 N–H and O–H groups in total. The molecule has 0 bridgehead atoms. The van der Waals surface area contributed by atoms with Gasteiger partial charge in [0.2, 0.25) is 0 Å². The summed E-state index contributed by atoms with van der Waals surface area (Å²) in [5.74, 6) is -0.0744. The number of methoxy groups -OCH3 is 1. The van der Waals surface area contributed by atoms with Crippen LogP contribution in [0.15, 0.2) is 60.4 Å². The molecule has 1 aliphatic rings.